The molecule has 0 spiro atoms. The van der Waals surface area contributed by atoms with Gasteiger partial charge in [-0.15, -0.1) is 24.0 Å². The normalized spacial score (nSPS) is 16.4. The average molecular weight is 445 g/mol. The largest absolute Gasteiger partial charge is 0.363 e. The first-order chi connectivity index (χ1) is 11.1. The van der Waals surface area contributed by atoms with E-state index in [0.717, 1.165) is 24.0 Å². The van der Waals surface area contributed by atoms with Gasteiger partial charge in [-0.1, -0.05) is 25.8 Å². The fraction of sp³-hybridized carbons (Fsp3) is 0.667. The van der Waals surface area contributed by atoms with Gasteiger partial charge >= 0.3 is 0 Å². The Morgan fingerprint density at radius 2 is 1.96 bits per heavy atom. The standard InChI is InChI=1S/C18H31N5.HI/c1-5-18(11-6-7-12-18)14-21-17(19-2)20-13-15-9-8-10-16(22-15)23(3)4;/h8-10H,5-7,11-14H2,1-4H3,(H2,19,20,21);1H. The van der Waals surface area contributed by atoms with Crippen LogP contribution in [0.4, 0.5) is 5.82 Å². The molecule has 0 aromatic carbocycles. The quantitative estimate of drug-likeness (QED) is 0.401. The number of pyridine rings is 1. The molecule has 1 fully saturated rings. The highest BCUT2D eigenvalue weighted by molar-refractivity contribution is 14.0. The molecular weight excluding hydrogens is 413 g/mol. The summed E-state index contributed by atoms with van der Waals surface area (Å²) < 4.78 is 0. The van der Waals surface area contributed by atoms with E-state index in [1.54, 1.807) is 0 Å². The summed E-state index contributed by atoms with van der Waals surface area (Å²) in [5, 5.41) is 6.89. The van der Waals surface area contributed by atoms with Crippen molar-refractivity contribution in [2.45, 2.75) is 45.6 Å². The third kappa shape index (κ3) is 5.79. The lowest BCUT2D eigenvalue weighted by Gasteiger charge is -2.28. The number of aliphatic imine (C=N–C) groups is 1. The van der Waals surface area contributed by atoms with Gasteiger partial charge in [0.25, 0.3) is 0 Å². The third-order valence-corrected chi connectivity index (χ3v) is 4.96. The Morgan fingerprint density at radius 3 is 2.54 bits per heavy atom. The lowest BCUT2D eigenvalue weighted by molar-refractivity contribution is 0.283. The number of nitrogens with one attached hydrogen (secondary N) is 2. The molecule has 24 heavy (non-hydrogen) atoms. The second-order valence-corrected chi connectivity index (χ2v) is 6.72. The van der Waals surface area contributed by atoms with Crippen molar-refractivity contribution < 1.29 is 0 Å². The molecule has 0 amide bonds. The lowest BCUT2D eigenvalue weighted by atomic mass is 9.83. The Bertz CT molecular complexity index is 524. The van der Waals surface area contributed by atoms with Crippen LogP contribution in [0.25, 0.3) is 0 Å². The zero-order chi connectivity index (χ0) is 16.7. The molecule has 0 atom stereocenters. The van der Waals surface area contributed by atoms with Gasteiger partial charge < -0.3 is 15.5 Å². The molecule has 0 bridgehead atoms. The maximum Gasteiger partial charge on any atom is 0.191 e. The van der Waals surface area contributed by atoms with Gasteiger partial charge in [-0.25, -0.2) is 4.98 Å². The predicted octanol–water partition coefficient (Wildman–Crippen LogP) is 3.40. The highest BCUT2D eigenvalue weighted by Crippen LogP contribution is 2.40. The lowest BCUT2D eigenvalue weighted by Crippen LogP contribution is -2.42. The molecule has 1 saturated carbocycles. The zero-order valence-corrected chi connectivity index (χ0v) is 17.8. The highest BCUT2D eigenvalue weighted by Gasteiger charge is 2.31. The molecule has 2 N–H and O–H groups in total. The van der Waals surface area contributed by atoms with Crippen LogP contribution >= 0.6 is 24.0 Å². The smallest absolute Gasteiger partial charge is 0.191 e. The summed E-state index contributed by atoms with van der Waals surface area (Å²) in [4.78, 5) is 11.0. The van der Waals surface area contributed by atoms with Crippen molar-refractivity contribution in [3.63, 3.8) is 0 Å². The van der Waals surface area contributed by atoms with Crippen LogP contribution in [-0.4, -0.2) is 38.6 Å². The summed E-state index contributed by atoms with van der Waals surface area (Å²) in [7, 11) is 5.84. The Morgan fingerprint density at radius 1 is 1.25 bits per heavy atom. The van der Waals surface area contributed by atoms with Crippen LogP contribution in [0.2, 0.25) is 0 Å². The molecule has 0 radical (unpaired) electrons. The van der Waals surface area contributed by atoms with E-state index in [9.17, 15) is 0 Å². The maximum absolute atomic E-state index is 4.63. The average Bonchev–Trinajstić information content (AvgIpc) is 3.05. The summed E-state index contributed by atoms with van der Waals surface area (Å²) in [6.45, 7) is 3.99. The maximum atomic E-state index is 4.63. The minimum absolute atomic E-state index is 0. The summed E-state index contributed by atoms with van der Waals surface area (Å²) in [5.41, 5.74) is 1.48. The van der Waals surface area contributed by atoms with Crippen LogP contribution in [0, 0.1) is 5.41 Å². The van der Waals surface area contributed by atoms with Crippen LogP contribution in [0.15, 0.2) is 23.2 Å². The minimum atomic E-state index is 0. The van der Waals surface area contributed by atoms with Crippen LogP contribution in [0.1, 0.15) is 44.7 Å². The summed E-state index contributed by atoms with van der Waals surface area (Å²) in [5.74, 6) is 1.84. The molecule has 1 aliphatic carbocycles. The van der Waals surface area contributed by atoms with E-state index in [1.807, 2.05) is 44.2 Å². The first-order valence-corrected chi connectivity index (χ1v) is 8.66. The van der Waals surface area contributed by atoms with E-state index >= 15 is 0 Å². The minimum Gasteiger partial charge on any atom is -0.363 e. The predicted molar refractivity (Wildman–Crippen MR) is 113 cm³/mol. The van der Waals surface area contributed by atoms with Gasteiger partial charge in [0.1, 0.15) is 5.82 Å². The molecule has 6 heteroatoms. The number of nitrogens with zero attached hydrogens (tertiary/aromatic N) is 3. The second-order valence-electron chi connectivity index (χ2n) is 6.72. The molecule has 136 valence electrons. The number of halogens is 1. The molecule has 1 heterocycles. The van der Waals surface area contributed by atoms with Gasteiger partial charge in [0, 0.05) is 27.7 Å². The first kappa shape index (κ1) is 21.0. The van der Waals surface area contributed by atoms with Gasteiger partial charge in [0.05, 0.1) is 12.2 Å². The first-order valence-electron chi connectivity index (χ1n) is 8.66. The van der Waals surface area contributed by atoms with Crippen LogP contribution in [0.3, 0.4) is 0 Å². The van der Waals surface area contributed by atoms with E-state index in [0.29, 0.717) is 12.0 Å². The molecule has 0 aliphatic heterocycles. The van der Waals surface area contributed by atoms with Crippen molar-refractivity contribution in [1.82, 2.24) is 15.6 Å². The molecule has 5 nitrogen and oxygen atoms in total. The topological polar surface area (TPSA) is 52.6 Å². The Hall–Kier alpha value is -1.05. The van der Waals surface area contributed by atoms with E-state index in [4.69, 9.17) is 0 Å². The number of rotatable bonds is 6. The fourth-order valence-electron chi connectivity index (χ4n) is 3.26. The van der Waals surface area contributed by atoms with Crippen molar-refractivity contribution in [2.24, 2.45) is 10.4 Å². The monoisotopic (exact) mass is 445 g/mol. The van der Waals surface area contributed by atoms with Gasteiger partial charge in [-0.05, 0) is 36.8 Å². The second kappa shape index (κ2) is 10.1. The third-order valence-electron chi connectivity index (χ3n) is 4.96. The van der Waals surface area contributed by atoms with Crippen molar-refractivity contribution in [1.29, 1.82) is 0 Å². The van der Waals surface area contributed by atoms with E-state index in [-0.39, 0.29) is 24.0 Å². The zero-order valence-electron chi connectivity index (χ0n) is 15.4. The molecular formula is C18H32IN5. The number of aromatic nitrogens is 1. The number of hydrogen-bond donors (Lipinski definition) is 2. The van der Waals surface area contributed by atoms with Gasteiger partial charge in [-0.2, -0.15) is 0 Å². The van der Waals surface area contributed by atoms with E-state index in [1.165, 1.54) is 32.1 Å². The summed E-state index contributed by atoms with van der Waals surface area (Å²) >= 11 is 0. The molecule has 1 aliphatic rings. The number of hydrogen-bond acceptors (Lipinski definition) is 3. The number of guanidine groups is 1. The fourth-order valence-corrected chi connectivity index (χ4v) is 3.26. The Labute approximate surface area is 163 Å². The van der Waals surface area contributed by atoms with Gasteiger partial charge in [-0.3, -0.25) is 4.99 Å². The van der Waals surface area contributed by atoms with Crippen molar-refractivity contribution in [2.75, 3.05) is 32.6 Å². The summed E-state index contributed by atoms with van der Waals surface area (Å²) in [6, 6.07) is 6.10. The molecule has 1 aromatic heterocycles. The van der Waals surface area contributed by atoms with Gasteiger partial charge in [0.2, 0.25) is 0 Å². The Kier molecular flexibility index (Phi) is 8.80. The van der Waals surface area contributed by atoms with Crippen molar-refractivity contribution >= 4 is 35.8 Å². The Balaban J connectivity index is 0.00000288. The molecule has 1 aromatic rings. The van der Waals surface area contributed by atoms with Crippen molar-refractivity contribution in [3.05, 3.63) is 23.9 Å². The van der Waals surface area contributed by atoms with Crippen LogP contribution in [0.5, 0.6) is 0 Å². The molecule has 0 saturated heterocycles. The molecule has 0 unspecified atom stereocenters. The summed E-state index contributed by atoms with van der Waals surface area (Å²) in [6.07, 6.45) is 6.63. The highest BCUT2D eigenvalue weighted by atomic mass is 127. The van der Waals surface area contributed by atoms with Crippen LogP contribution < -0.4 is 15.5 Å². The van der Waals surface area contributed by atoms with E-state index in [2.05, 4.69) is 27.5 Å². The van der Waals surface area contributed by atoms with Crippen molar-refractivity contribution in [3.8, 4) is 0 Å². The van der Waals surface area contributed by atoms with E-state index < -0.39 is 0 Å². The molecule has 2 rings (SSSR count). The van der Waals surface area contributed by atoms with Gasteiger partial charge in [0.15, 0.2) is 5.96 Å². The van der Waals surface area contributed by atoms with Crippen LogP contribution in [-0.2, 0) is 6.54 Å². The SMILES string of the molecule is CCC1(CNC(=NC)NCc2cccc(N(C)C)n2)CCCC1.I. The number of anilines is 1.